The van der Waals surface area contributed by atoms with Crippen LogP contribution in [0.3, 0.4) is 0 Å². The molecule has 0 amide bonds. The Morgan fingerprint density at radius 1 is 1.50 bits per heavy atom. The fourth-order valence-electron chi connectivity index (χ4n) is 0.795. The highest BCUT2D eigenvalue weighted by Gasteiger charge is 2.01. The Morgan fingerprint density at radius 3 is 2.75 bits per heavy atom. The first kappa shape index (κ1) is 9.26. The monoisotopic (exact) mass is 184 g/mol. The number of hydrogen-bond acceptors (Lipinski definition) is 2. The highest BCUT2D eigenvalue weighted by molar-refractivity contribution is 8.12. The molecule has 0 saturated carbocycles. The standard InChI is InChI=1S/C9H9FOS/c1-7(11)12-6-8-4-2-3-5-9(8)10/h2-5H,6H2,1H3. The summed E-state index contributed by atoms with van der Waals surface area (Å²) in [4.78, 5) is 10.6. The van der Waals surface area contributed by atoms with E-state index in [1.54, 1.807) is 18.2 Å². The summed E-state index contributed by atoms with van der Waals surface area (Å²) in [5, 5.41) is 0.0123. The Bertz CT molecular complexity index is 286. The van der Waals surface area contributed by atoms with Gasteiger partial charge in [-0.2, -0.15) is 0 Å². The lowest BCUT2D eigenvalue weighted by Gasteiger charge is -1.99. The molecule has 0 unspecified atom stereocenters. The van der Waals surface area contributed by atoms with Gasteiger partial charge in [-0.1, -0.05) is 30.0 Å². The first-order valence-corrected chi connectivity index (χ1v) is 4.55. The van der Waals surface area contributed by atoms with Crippen molar-refractivity contribution in [2.75, 3.05) is 0 Å². The van der Waals surface area contributed by atoms with E-state index in [9.17, 15) is 9.18 Å². The van der Waals surface area contributed by atoms with Crippen LogP contribution < -0.4 is 0 Å². The van der Waals surface area contributed by atoms with Crippen LogP contribution in [0.4, 0.5) is 4.39 Å². The zero-order valence-electron chi connectivity index (χ0n) is 6.71. The second kappa shape index (κ2) is 4.26. The van der Waals surface area contributed by atoms with Crippen LogP contribution in [0, 0.1) is 5.82 Å². The molecule has 1 aromatic rings. The minimum absolute atomic E-state index is 0.0123. The molecule has 12 heavy (non-hydrogen) atoms. The molecule has 0 fully saturated rings. The Balaban J connectivity index is 2.63. The van der Waals surface area contributed by atoms with Crippen molar-refractivity contribution >= 4 is 16.9 Å². The number of halogens is 1. The second-order valence-corrected chi connectivity index (χ2v) is 3.52. The van der Waals surface area contributed by atoms with Gasteiger partial charge in [0.25, 0.3) is 0 Å². The number of carbonyl (C=O) groups is 1. The normalized spacial score (nSPS) is 9.83. The van der Waals surface area contributed by atoms with Crippen LogP contribution in [-0.2, 0) is 10.5 Å². The first-order valence-electron chi connectivity index (χ1n) is 3.57. The summed E-state index contributed by atoms with van der Waals surface area (Å²) in [6.45, 7) is 1.48. The van der Waals surface area contributed by atoms with Gasteiger partial charge in [-0.3, -0.25) is 4.79 Å². The third-order valence-electron chi connectivity index (χ3n) is 1.39. The third kappa shape index (κ3) is 2.66. The molecule has 3 heteroatoms. The van der Waals surface area contributed by atoms with Gasteiger partial charge in [-0.15, -0.1) is 0 Å². The fraction of sp³-hybridized carbons (Fsp3) is 0.222. The van der Waals surface area contributed by atoms with E-state index in [0.717, 1.165) is 11.8 Å². The number of benzene rings is 1. The summed E-state index contributed by atoms with van der Waals surface area (Å²) in [5.74, 6) is 0.174. The molecule has 0 N–H and O–H groups in total. The molecule has 64 valence electrons. The Morgan fingerprint density at radius 2 is 2.17 bits per heavy atom. The molecular formula is C9H9FOS. The van der Waals surface area contributed by atoms with Gasteiger partial charge in [0, 0.05) is 12.7 Å². The highest BCUT2D eigenvalue weighted by atomic mass is 32.2. The van der Waals surface area contributed by atoms with Gasteiger partial charge in [0.15, 0.2) is 5.12 Å². The van der Waals surface area contributed by atoms with Crippen LogP contribution in [-0.4, -0.2) is 5.12 Å². The van der Waals surface area contributed by atoms with Crippen molar-refractivity contribution in [2.24, 2.45) is 0 Å². The molecule has 0 heterocycles. The summed E-state index contributed by atoms with van der Waals surface area (Å²) in [6.07, 6.45) is 0. The van der Waals surface area contributed by atoms with Crippen molar-refractivity contribution in [2.45, 2.75) is 12.7 Å². The quantitative estimate of drug-likeness (QED) is 0.702. The molecule has 0 bridgehead atoms. The Kier molecular flexibility index (Phi) is 3.29. The molecule has 1 aromatic carbocycles. The number of rotatable bonds is 2. The van der Waals surface area contributed by atoms with Crippen LogP contribution in [0.5, 0.6) is 0 Å². The van der Waals surface area contributed by atoms with E-state index in [1.165, 1.54) is 13.0 Å². The minimum Gasteiger partial charge on any atom is -0.288 e. The molecule has 0 spiro atoms. The fourth-order valence-corrected chi connectivity index (χ4v) is 1.39. The zero-order valence-corrected chi connectivity index (χ0v) is 7.53. The molecule has 0 aliphatic carbocycles. The van der Waals surface area contributed by atoms with Crippen LogP contribution in [0.15, 0.2) is 24.3 Å². The van der Waals surface area contributed by atoms with Gasteiger partial charge >= 0.3 is 0 Å². The lowest BCUT2D eigenvalue weighted by atomic mass is 10.2. The van der Waals surface area contributed by atoms with Gasteiger partial charge in [-0.05, 0) is 11.6 Å². The summed E-state index contributed by atoms with van der Waals surface area (Å²) < 4.78 is 12.9. The topological polar surface area (TPSA) is 17.1 Å². The van der Waals surface area contributed by atoms with E-state index in [4.69, 9.17) is 0 Å². The highest BCUT2D eigenvalue weighted by Crippen LogP contribution is 2.15. The van der Waals surface area contributed by atoms with Crippen molar-refractivity contribution in [3.8, 4) is 0 Å². The van der Waals surface area contributed by atoms with Gasteiger partial charge < -0.3 is 0 Å². The lowest BCUT2D eigenvalue weighted by Crippen LogP contribution is -1.89. The average Bonchev–Trinajstić information content (AvgIpc) is 2.03. The van der Waals surface area contributed by atoms with Crippen LogP contribution in [0.1, 0.15) is 12.5 Å². The SMILES string of the molecule is CC(=O)SCc1ccccc1F. The van der Waals surface area contributed by atoms with Gasteiger partial charge in [0.2, 0.25) is 0 Å². The lowest BCUT2D eigenvalue weighted by molar-refractivity contribution is -0.109. The molecule has 0 aliphatic rings. The van der Waals surface area contributed by atoms with E-state index >= 15 is 0 Å². The molecule has 1 nitrogen and oxygen atoms in total. The summed E-state index contributed by atoms with van der Waals surface area (Å²) in [5.41, 5.74) is 0.581. The van der Waals surface area contributed by atoms with Crippen molar-refractivity contribution in [1.82, 2.24) is 0 Å². The predicted octanol–water partition coefficient (Wildman–Crippen LogP) is 2.61. The Hall–Kier alpha value is -0.830. The maximum absolute atomic E-state index is 12.9. The van der Waals surface area contributed by atoms with Crippen LogP contribution in [0.25, 0.3) is 0 Å². The van der Waals surface area contributed by atoms with Crippen LogP contribution in [0.2, 0.25) is 0 Å². The van der Waals surface area contributed by atoms with Gasteiger partial charge in [-0.25, -0.2) is 4.39 Å². The molecule has 0 aliphatic heterocycles. The van der Waals surface area contributed by atoms with Crippen molar-refractivity contribution < 1.29 is 9.18 Å². The van der Waals surface area contributed by atoms with E-state index in [2.05, 4.69) is 0 Å². The van der Waals surface area contributed by atoms with E-state index in [-0.39, 0.29) is 10.9 Å². The van der Waals surface area contributed by atoms with Crippen LogP contribution >= 0.6 is 11.8 Å². The largest absolute Gasteiger partial charge is 0.288 e. The van der Waals surface area contributed by atoms with E-state index in [1.807, 2.05) is 0 Å². The number of hydrogen-bond donors (Lipinski definition) is 0. The zero-order chi connectivity index (χ0) is 8.97. The predicted molar refractivity (Wildman–Crippen MR) is 48.4 cm³/mol. The van der Waals surface area contributed by atoms with E-state index < -0.39 is 0 Å². The number of carbonyl (C=O) groups excluding carboxylic acids is 1. The van der Waals surface area contributed by atoms with Crippen molar-refractivity contribution in [3.63, 3.8) is 0 Å². The molecule has 0 aromatic heterocycles. The first-order chi connectivity index (χ1) is 5.70. The maximum Gasteiger partial charge on any atom is 0.186 e. The van der Waals surface area contributed by atoms with Crippen molar-refractivity contribution in [1.29, 1.82) is 0 Å². The molecule has 1 rings (SSSR count). The minimum atomic E-state index is -0.244. The third-order valence-corrected chi connectivity index (χ3v) is 2.25. The van der Waals surface area contributed by atoms with E-state index in [0.29, 0.717) is 11.3 Å². The summed E-state index contributed by atoms with van der Waals surface area (Å²) >= 11 is 1.12. The molecule has 0 radical (unpaired) electrons. The summed E-state index contributed by atoms with van der Waals surface area (Å²) in [6, 6.07) is 6.48. The summed E-state index contributed by atoms with van der Waals surface area (Å²) in [7, 11) is 0. The average molecular weight is 184 g/mol. The molecular weight excluding hydrogens is 175 g/mol. The second-order valence-electron chi connectivity index (χ2n) is 2.37. The van der Waals surface area contributed by atoms with Gasteiger partial charge in [0.1, 0.15) is 5.82 Å². The van der Waals surface area contributed by atoms with Gasteiger partial charge in [0.05, 0.1) is 0 Å². The van der Waals surface area contributed by atoms with Crippen molar-refractivity contribution in [3.05, 3.63) is 35.6 Å². The smallest absolute Gasteiger partial charge is 0.186 e. The maximum atomic E-state index is 12.9. The Labute approximate surface area is 75.0 Å². The number of thioether (sulfide) groups is 1. The molecule has 0 atom stereocenters. The molecule has 0 saturated heterocycles.